The van der Waals surface area contributed by atoms with Gasteiger partial charge in [-0.15, -0.1) is 0 Å². The summed E-state index contributed by atoms with van der Waals surface area (Å²) in [5, 5.41) is 8.00. The highest BCUT2D eigenvalue weighted by Crippen LogP contribution is 2.26. The number of hydrogen-bond acceptors (Lipinski definition) is 3. The van der Waals surface area contributed by atoms with Crippen LogP contribution < -0.4 is 5.32 Å². The lowest BCUT2D eigenvalue weighted by molar-refractivity contribution is -0.117. The average molecular weight is 342 g/mol. The Bertz CT molecular complexity index is 643. The molecule has 0 aliphatic carbocycles. The minimum atomic E-state index is -0.118. The van der Waals surface area contributed by atoms with Crippen LogP contribution in [0, 0.1) is 0 Å². The number of nitrogens with one attached hydrogen (secondary N) is 1. The van der Waals surface area contributed by atoms with Crippen LogP contribution >= 0.6 is 23.2 Å². The minimum Gasteiger partial charge on any atom is -0.381 e. The van der Waals surface area contributed by atoms with Crippen LogP contribution in [0.1, 0.15) is 18.9 Å². The van der Waals surface area contributed by atoms with Crippen molar-refractivity contribution in [2.75, 3.05) is 18.5 Å². The number of amides is 1. The summed E-state index contributed by atoms with van der Waals surface area (Å²) in [5.41, 5.74) is 0.836. The molecule has 0 fully saturated rings. The van der Waals surface area contributed by atoms with Crippen LogP contribution in [0.25, 0.3) is 0 Å². The predicted molar refractivity (Wildman–Crippen MR) is 87.5 cm³/mol. The van der Waals surface area contributed by atoms with E-state index in [1.54, 1.807) is 23.0 Å². The van der Waals surface area contributed by atoms with Gasteiger partial charge in [-0.1, -0.05) is 35.3 Å². The molecule has 0 spiro atoms. The number of rotatable bonds is 7. The zero-order valence-electron chi connectivity index (χ0n) is 12.2. The summed E-state index contributed by atoms with van der Waals surface area (Å²) in [5.74, 6) is 0.491. The van der Waals surface area contributed by atoms with Crippen LogP contribution in [-0.4, -0.2) is 28.9 Å². The lowest BCUT2D eigenvalue weighted by Gasteiger charge is -2.11. The van der Waals surface area contributed by atoms with Gasteiger partial charge in [0.1, 0.15) is 5.82 Å². The predicted octanol–water partition coefficient (Wildman–Crippen LogP) is 3.60. The first-order valence-electron chi connectivity index (χ1n) is 6.94. The molecule has 1 heterocycles. The fourth-order valence-electron chi connectivity index (χ4n) is 1.91. The summed E-state index contributed by atoms with van der Waals surface area (Å²) in [6, 6.07) is 7.16. The molecule has 7 heteroatoms. The quantitative estimate of drug-likeness (QED) is 0.782. The molecule has 118 valence electrons. The Morgan fingerprint density at radius 3 is 2.95 bits per heavy atom. The number of benzene rings is 1. The third-order valence-electron chi connectivity index (χ3n) is 3.01. The van der Waals surface area contributed by atoms with E-state index in [2.05, 4.69) is 10.4 Å². The highest BCUT2D eigenvalue weighted by molar-refractivity contribution is 6.42. The number of hydrogen-bond donors (Lipinski definition) is 1. The summed E-state index contributed by atoms with van der Waals surface area (Å²) in [6.45, 7) is 3.31. The second kappa shape index (κ2) is 8.17. The fourth-order valence-corrected chi connectivity index (χ4v) is 2.29. The van der Waals surface area contributed by atoms with Gasteiger partial charge in [0.05, 0.1) is 35.8 Å². The van der Waals surface area contributed by atoms with Crippen molar-refractivity contribution in [1.82, 2.24) is 9.78 Å². The Labute approximate surface area is 139 Å². The summed E-state index contributed by atoms with van der Waals surface area (Å²) < 4.78 is 6.83. The SMILES string of the molecule is CCOCCC(=O)Nc1ccnn1Cc1cccc(Cl)c1Cl. The molecule has 0 atom stereocenters. The topological polar surface area (TPSA) is 56.1 Å². The number of ether oxygens (including phenoxy) is 1. The van der Waals surface area contributed by atoms with E-state index in [4.69, 9.17) is 27.9 Å². The highest BCUT2D eigenvalue weighted by Gasteiger charge is 2.10. The van der Waals surface area contributed by atoms with Gasteiger partial charge < -0.3 is 10.1 Å². The number of carbonyl (C=O) groups is 1. The zero-order chi connectivity index (χ0) is 15.9. The molecule has 0 saturated carbocycles. The van der Waals surface area contributed by atoms with Gasteiger partial charge in [0, 0.05) is 12.7 Å². The molecule has 1 aromatic heterocycles. The Kier molecular flexibility index (Phi) is 6.24. The third-order valence-corrected chi connectivity index (χ3v) is 3.87. The zero-order valence-corrected chi connectivity index (χ0v) is 13.7. The molecule has 0 aliphatic heterocycles. The monoisotopic (exact) mass is 341 g/mol. The molecule has 5 nitrogen and oxygen atoms in total. The lowest BCUT2D eigenvalue weighted by Crippen LogP contribution is -2.17. The van der Waals surface area contributed by atoms with Gasteiger partial charge >= 0.3 is 0 Å². The van der Waals surface area contributed by atoms with E-state index in [0.29, 0.717) is 42.0 Å². The van der Waals surface area contributed by atoms with Gasteiger partial charge in [-0.05, 0) is 18.6 Å². The summed E-state index contributed by atoms with van der Waals surface area (Å²) >= 11 is 12.2. The maximum atomic E-state index is 11.8. The third kappa shape index (κ3) is 4.47. The van der Waals surface area contributed by atoms with E-state index in [-0.39, 0.29) is 5.91 Å². The van der Waals surface area contributed by atoms with Crippen LogP contribution in [-0.2, 0) is 16.1 Å². The molecule has 0 unspecified atom stereocenters. The average Bonchev–Trinajstić information content (AvgIpc) is 2.91. The van der Waals surface area contributed by atoms with Crippen molar-refractivity contribution in [3.8, 4) is 0 Å². The minimum absolute atomic E-state index is 0.118. The van der Waals surface area contributed by atoms with Gasteiger partial charge in [0.25, 0.3) is 0 Å². The molecule has 0 radical (unpaired) electrons. The molecule has 0 saturated heterocycles. The van der Waals surface area contributed by atoms with Crippen LogP contribution in [0.5, 0.6) is 0 Å². The number of aromatic nitrogens is 2. The molecule has 1 amide bonds. The second-order valence-electron chi connectivity index (χ2n) is 4.58. The van der Waals surface area contributed by atoms with Crippen LogP contribution in [0.3, 0.4) is 0 Å². The summed E-state index contributed by atoms with van der Waals surface area (Å²) in [7, 11) is 0. The van der Waals surface area contributed by atoms with E-state index in [1.165, 1.54) is 0 Å². The van der Waals surface area contributed by atoms with Crippen molar-refractivity contribution in [3.05, 3.63) is 46.1 Å². The Hall–Kier alpha value is -1.56. The molecular weight excluding hydrogens is 325 g/mol. The molecule has 2 rings (SSSR count). The normalized spacial score (nSPS) is 10.7. The molecule has 2 aromatic rings. The Morgan fingerprint density at radius 2 is 2.18 bits per heavy atom. The van der Waals surface area contributed by atoms with Crippen molar-refractivity contribution >= 4 is 34.9 Å². The fraction of sp³-hybridized carbons (Fsp3) is 0.333. The molecule has 0 bridgehead atoms. The van der Waals surface area contributed by atoms with E-state index >= 15 is 0 Å². The maximum absolute atomic E-state index is 11.8. The van der Waals surface area contributed by atoms with Gasteiger partial charge in [-0.2, -0.15) is 5.10 Å². The van der Waals surface area contributed by atoms with E-state index in [9.17, 15) is 4.79 Å². The molecule has 22 heavy (non-hydrogen) atoms. The lowest BCUT2D eigenvalue weighted by atomic mass is 10.2. The van der Waals surface area contributed by atoms with Crippen LogP contribution in [0.4, 0.5) is 5.82 Å². The van der Waals surface area contributed by atoms with Crippen molar-refractivity contribution in [2.45, 2.75) is 19.9 Å². The van der Waals surface area contributed by atoms with Crippen molar-refractivity contribution in [2.24, 2.45) is 0 Å². The molecule has 1 aromatic carbocycles. The van der Waals surface area contributed by atoms with Crippen molar-refractivity contribution in [3.63, 3.8) is 0 Å². The Balaban J connectivity index is 2.03. The highest BCUT2D eigenvalue weighted by atomic mass is 35.5. The van der Waals surface area contributed by atoms with Crippen molar-refractivity contribution in [1.29, 1.82) is 0 Å². The van der Waals surface area contributed by atoms with Gasteiger partial charge in [-0.25, -0.2) is 4.68 Å². The molecule has 0 aliphatic rings. The van der Waals surface area contributed by atoms with Gasteiger partial charge in [0.15, 0.2) is 0 Å². The molecule has 1 N–H and O–H groups in total. The Morgan fingerprint density at radius 1 is 1.36 bits per heavy atom. The number of halogens is 2. The summed E-state index contributed by atoms with van der Waals surface area (Å²) in [6.07, 6.45) is 1.92. The van der Waals surface area contributed by atoms with Gasteiger partial charge in [-0.3, -0.25) is 4.79 Å². The standard InChI is InChI=1S/C15H17Cl2N3O2/c1-2-22-9-7-14(21)19-13-6-8-18-20(13)10-11-4-3-5-12(16)15(11)17/h3-6,8H,2,7,9-10H2,1H3,(H,19,21). The number of carbonyl (C=O) groups excluding carboxylic acids is 1. The van der Waals surface area contributed by atoms with Crippen LogP contribution in [0.15, 0.2) is 30.5 Å². The van der Waals surface area contributed by atoms with E-state index in [1.807, 2.05) is 19.1 Å². The van der Waals surface area contributed by atoms with Gasteiger partial charge in [0.2, 0.25) is 5.91 Å². The number of anilines is 1. The first-order valence-corrected chi connectivity index (χ1v) is 7.69. The van der Waals surface area contributed by atoms with Crippen molar-refractivity contribution < 1.29 is 9.53 Å². The van der Waals surface area contributed by atoms with E-state index in [0.717, 1.165) is 5.56 Å². The summed E-state index contributed by atoms with van der Waals surface area (Å²) in [4.78, 5) is 11.8. The largest absolute Gasteiger partial charge is 0.381 e. The second-order valence-corrected chi connectivity index (χ2v) is 5.37. The molecular formula is C15H17Cl2N3O2. The maximum Gasteiger partial charge on any atom is 0.227 e. The first-order chi connectivity index (χ1) is 10.6. The smallest absolute Gasteiger partial charge is 0.227 e. The van der Waals surface area contributed by atoms with E-state index < -0.39 is 0 Å². The number of nitrogens with zero attached hydrogens (tertiary/aromatic N) is 2. The van der Waals surface area contributed by atoms with Crippen LogP contribution in [0.2, 0.25) is 10.0 Å². The first kappa shape index (κ1) is 16.8.